The predicted molar refractivity (Wildman–Crippen MR) is 92.5 cm³/mol. The van der Waals surface area contributed by atoms with Crippen LogP contribution in [0.2, 0.25) is 0 Å². The fourth-order valence-corrected chi connectivity index (χ4v) is 2.22. The Kier molecular flexibility index (Phi) is 5.17. The molecule has 12 heteroatoms. The molecule has 0 spiro atoms. The molecule has 27 heavy (non-hydrogen) atoms. The van der Waals surface area contributed by atoms with Crippen LogP contribution in [0.15, 0.2) is 34.0 Å². The summed E-state index contributed by atoms with van der Waals surface area (Å²) >= 11 is 0. The quantitative estimate of drug-likeness (QED) is 0.461. The Labute approximate surface area is 152 Å². The number of halogens is 1. The molecule has 0 bridgehead atoms. The van der Waals surface area contributed by atoms with E-state index < -0.39 is 11.7 Å². The summed E-state index contributed by atoms with van der Waals surface area (Å²) in [6.45, 7) is 0.305. The predicted octanol–water partition coefficient (Wildman–Crippen LogP) is 0.197. The molecule has 0 aliphatic carbocycles. The number of nitrogens with zero attached hydrogens (tertiary/aromatic N) is 7. The van der Waals surface area contributed by atoms with E-state index in [1.165, 1.54) is 23.0 Å². The lowest BCUT2D eigenvalue weighted by Gasteiger charge is -2.11. The van der Waals surface area contributed by atoms with E-state index in [1.807, 2.05) is 0 Å². The first kappa shape index (κ1) is 18.1. The van der Waals surface area contributed by atoms with Crippen molar-refractivity contribution in [3.63, 3.8) is 0 Å². The fourth-order valence-electron chi connectivity index (χ4n) is 2.22. The van der Waals surface area contributed by atoms with Crippen LogP contribution in [-0.4, -0.2) is 56.4 Å². The number of aromatic nitrogens is 5. The van der Waals surface area contributed by atoms with Crippen LogP contribution in [0.1, 0.15) is 21.7 Å². The van der Waals surface area contributed by atoms with Crippen molar-refractivity contribution in [2.24, 2.45) is 5.10 Å². The van der Waals surface area contributed by atoms with Crippen molar-refractivity contribution in [3.05, 3.63) is 47.0 Å². The maximum absolute atomic E-state index is 13.6. The number of nitrogens with two attached hydrogens (primary N) is 1. The molecule has 11 nitrogen and oxygen atoms in total. The molecule has 3 rings (SSSR count). The molecule has 3 aromatic rings. The van der Waals surface area contributed by atoms with Gasteiger partial charge in [0.2, 0.25) is 11.6 Å². The summed E-state index contributed by atoms with van der Waals surface area (Å²) in [4.78, 5) is 14.3. The molecule has 2 aromatic heterocycles. The van der Waals surface area contributed by atoms with Gasteiger partial charge in [-0.05, 0) is 30.5 Å². The van der Waals surface area contributed by atoms with Crippen LogP contribution in [0.5, 0.6) is 0 Å². The number of carbonyl (C=O) groups excluding carboxylic acids is 1. The molecule has 0 fully saturated rings. The summed E-state index contributed by atoms with van der Waals surface area (Å²) in [5.41, 5.74) is 8.63. The average molecular weight is 373 g/mol. The van der Waals surface area contributed by atoms with Crippen LogP contribution in [0, 0.1) is 5.82 Å². The van der Waals surface area contributed by atoms with E-state index in [0.29, 0.717) is 12.2 Å². The Balaban J connectivity index is 1.85. The van der Waals surface area contributed by atoms with Gasteiger partial charge in [0.1, 0.15) is 5.82 Å². The third kappa shape index (κ3) is 3.95. The van der Waals surface area contributed by atoms with Crippen molar-refractivity contribution in [2.75, 3.05) is 19.8 Å². The molecule has 0 atom stereocenters. The number of hydrazone groups is 1. The third-order valence-electron chi connectivity index (χ3n) is 3.42. The number of carbonyl (C=O) groups is 1. The zero-order valence-electron chi connectivity index (χ0n) is 14.5. The molecule has 0 saturated heterocycles. The van der Waals surface area contributed by atoms with E-state index in [0.717, 1.165) is 0 Å². The summed E-state index contributed by atoms with van der Waals surface area (Å²) in [5.74, 6) is -0.956. The van der Waals surface area contributed by atoms with Crippen LogP contribution in [0.4, 0.5) is 10.2 Å². The molecule has 0 radical (unpaired) electrons. The minimum atomic E-state index is -0.624. The lowest BCUT2D eigenvalue weighted by Crippen LogP contribution is -2.23. The summed E-state index contributed by atoms with van der Waals surface area (Å²) in [6, 6.07) is 6.03. The smallest absolute Gasteiger partial charge is 0.293 e. The average Bonchev–Trinajstić information content (AvgIpc) is 3.22. The van der Waals surface area contributed by atoms with Gasteiger partial charge in [0.05, 0.1) is 11.9 Å². The van der Waals surface area contributed by atoms with Gasteiger partial charge in [0.15, 0.2) is 5.69 Å². The number of amides is 1. The van der Waals surface area contributed by atoms with Crippen molar-refractivity contribution in [2.45, 2.75) is 6.54 Å². The van der Waals surface area contributed by atoms with Gasteiger partial charge >= 0.3 is 0 Å². The summed E-state index contributed by atoms with van der Waals surface area (Å²) in [6.07, 6.45) is 1.20. The molecule has 0 aliphatic rings. The molecule has 0 saturated carbocycles. The maximum atomic E-state index is 13.6. The number of nitrogen functional groups attached to an aromatic ring is 1. The standard InChI is InChI=1S/C15H16FN9O2/c1-24(2)8-11-12(19-23-25(11)14-13(17)21-27-22-14)15(26)20-18-7-9-5-3-4-6-10(9)16/h3-7H,8H2,1-2H3,(H2,17,21)(H,20,26)/b18-7-. The number of nitrogens with one attached hydrogen (secondary N) is 1. The van der Waals surface area contributed by atoms with Crippen molar-refractivity contribution in [1.82, 2.24) is 35.6 Å². The molecule has 0 unspecified atom stereocenters. The minimum absolute atomic E-state index is 0.00411. The van der Waals surface area contributed by atoms with Gasteiger partial charge in [-0.3, -0.25) is 4.79 Å². The second-order valence-corrected chi connectivity index (χ2v) is 5.73. The maximum Gasteiger partial charge on any atom is 0.293 e. The lowest BCUT2D eigenvalue weighted by atomic mass is 10.2. The molecule has 3 N–H and O–H groups in total. The first-order valence-corrected chi connectivity index (χ1v) is 7.73. The Hall–Kier alpha value is -3.67. The lowest BCUT2D eigenvalue weighted by molar-refractivity contribution is 0.0948. The first-order chi connectivity index (χ1) is 13.0. The Morgan fingerprint density at radius 3 is 2.85 bits per heavy atom. The molecular weight excluding hydrogens is 357 g/mol. The number of hydrogen-bond acceptors (Lipinski definition) is 9. The van der Waals surface area contributed by atoms with Crippen molar-refractivity contribution in [3.8, 4) is 5.82 Å². The molecule has 2 heterocycles. The van der Waals surface area contributed by atoms with Gasteiger partial charge in [-0.2, -0.15) is 9.78 Å². The van der Waals surface area contributed by atoms with Crippen LogP contribution in [0.25, 0.3) is 5.82 Å². The van der Waals surface area contributed by atoms with E-state index >= 15 is 0 Å². The summed E-state index contributed by atoms with van der Waals surface area (Å²) < 4.78 is 19.4. The van der Waals surface area contributed by atoms with Crippen molar-refractivity contribution < 1.29 is 13.8 Å². The molecule has 1 aromatic carbocycles. The van der Waals surface area contributed by atoms with Gasteiger partial charge in [-0.1, -0.05) is 23.4 Å². The summed E-state index contributed by atoms with van der Waals surface area (Å²) in [5, 5.41) is 18.7. The number of benzene rings is 1. The second kappa shape index (κ2) is 7.70. The SMILES string of the molecule is CN(C)Cc1c(C(=O)N/N=C\c2ccccc2F)nnn1-c1nonc1N. The Bertz CT molecular complexity index is 979. The van der Waals surface area contributed by atoms with Gasteiger partial charge in [0.25, 0.3) is 5.91 Å². The number of anilines is 1. The van der Waals surface area contributed by atoms with Gasteiger partial charge in [0, 0.05) is 12.1 Å². The fraction of sp³-hybridized carbons (Fsp3) is 0.200. The highest BCUT2D eigenvalue weighted by atomic mass is 19.1. The van der Waals surface area contributed by atoms with Crippen LogP contribution < -0.4 is 11.2 Å². The zero-order chi connectivity index (χ0) is 19.4. The Morgan fingerprint density at radius 2 is 2.19 bits per heavy atom. The zero-order valence-corrected chi connectivity index (χ0v) is 14.5. The largest absolute Gasteiger partial charge is 0.378 e. The van der Waals surface area contributed by atoms with E-state index in [4.69, 9.17) is 5.73 Å². The monoisotopic (exact) mass is 373 g/mol. The highest BCUT2D eigenvalue weighted by molar-refractivity contribution is 5.94. The minimum Gasteiger partial charge on any atom is -0.378 e. The highest BCUT2D eigenvalue weighted by Crippen LogP contribution is 2.16. The van der Waals surface area contributed by atoms with E-state index in [2.05, 4.69) is 35.8 Å². The van der Waals surface area contributed by atoms with Gasteiger partial charge in [-0.25, -0.2) is 14.4 Å². The van der Waals surface area contributed by atoms with Crippen LogP contribution in [-0.2, 0) is 6.54 Å². The third-order valence-corrected chi connectivity index (χ3v) is 3.42. The van der Waals surface area contributed by atoms with Crippen LogP contribution >= 0.6 is 0 Å². The van der Waals surface area contributed by atoms with E-state index in [-0.39, 0.29) is 22.9 Å². The van der Waals surface area contributed by atoms with Crippen LogP contribution in [0.3, 0.4) is 0 Å². The normalized spacial score (nSPS) is 11.4. The molecule has 140 valence electrons. The van der Waals surface area contributed by atoms with E-state index in [1.54, 1.807) is 31.1 Å². The van der Waals surface area contributed by atoms with Gasteiger partial charge < -0.3 is 10.6 Å². The Morgan fingerprint density at radius 1 is 1.41 bits per heavy atom. The number of hydrogen-bond donors (Lipinski definition) is 2. The molecule has 1 amide bonds. The second-order valence-electron chi connectivity index (χ2n) is 5.73. The van der Waals surface area contributed by atoms with Crippen molar-refractivity contribution in [1.29, 1.82) is 0 Å². The first-order valence-electron chi connectivity index (χ1n) is 7.73. The summed E-state index contributed by atoms with van der Waals surface area (Å²) in [7, 11) is 3.61. The molecule has 0 aliphatic heterocycles. The van der Waals surface area contributed by atoms with Gasteiger partial charge in [-0.15, -0.1) is 5.10 Å². The van der Waals surface area contributed by atoms with E-state index in [9.17, 15) is 9.18 Å². The topological polar surface area (TPSA) is 140 Å². The number of rotatable bonds is 6. The highest BCUT2D eigenvalue weighted by Gasteiger charge is 2.24. The van der Waals surface area contributed by atoms with Crippen molar-refractivity contribution >= 4 is 17.9 Å². The molecular formula is C15H16FN9O2.